The molecule has 4 rings (SSSR count). The van der Waals surface area contributed by atoms with Gasteiger partial charge in [-0.2, -0.15) is 18.3 Å². The van der Waals surface area contributed by atoms with Crippen LogP contribution in [0.2, 0.25) is 5.02 Å². The average molecular weight is 460 g/mol. The van der Waals surface area contributed by atoms with Crippen LogP contribution >= 0.6 is 11.6 Å². The van der Waals surface area contributed by atoms with E-state index in [9.17, 15) is 18.3 Å². The molecule has 0 aliphatic rings. The smallest absolute Gasteiger partial charge is 0.433 e. The molecule has 164 valence electrons. The Labute approximate surface area is 186 Å². The van der Waals surface area contributed by atoms with Gasteiger partial charge < -0.3 is 9.84 Å². The highest BCUT2D eigenvalue weighted by molar-refractivity contribution is 6.30. The van der Waals surface area contributed by atoms with E-state index in [4.69, 9.17) is 16.3 Å². The summed E-state index contributed by atoms with van der Waals surface area (Å²) >= 11 is 5.87. The van der Waals surface area contributed by atoms with Crippen LogP contribution in [0.1, 0.15) is 11.3 Å². The quantitative estimate of drug-likeness (QED) is 0.391. The largest absolute Gasteiger partial charge is 0.507 e. The van der Waals surface area contributed by atoms with Gasteiger partial charge in [-0.15, -0.1) is 0 Å². The normalized spacial score (nSPS) is 11.5. The Balaban J connectivity index is 1.71. The Bertz CT molecular complexity index is 1240. The molecule has 2 heterocycles. The molecule has 0 atom stereocenters. The van der Waals surface area contributed by atoms with Gasteiger partial charge >= 0.3 is 6.18 Å². The van der Waals surface area contributed by atoms with Crippen LogP contribution in [0.25, 0.3) is 22.4 Å². The molecule has 2 aromatic heterocycles. The molecule has 0 radical (unpaired) electrons. The second-order valence-electron chi connectivity index (χ2n) is 7.03. The van der Waals surface area contributed by atoms with Gasteiger partial charge in [0.2, 0.25) is 0 Å². The highest BCUT2D eigenvalue weighted by Crippen LogP contribution is 2.44. The number of benzene rings is 2. The first-order valence-electron chi connectivity index (χ1n) is 9.49. The summed E-state index contributed by atoms with van der Waals surface area (Å²) in [6.45, 7) is 0.235. The zero-order valence-corrected chi connectivity index (χ0v) is 17.5. The number of aryl methyl sites for hydroxylation is 1. The van der Waals surface area contributed by atoms with Crippen molar-refractivity contribution in [3.63, 3.8) is 0 Å². The average Bonchev–Trinajstić information content (AvgIpc) is 3.11. The van der Waals surface area contributed by atoms with E-state index in [1.54, 1.807) is 24.3 Å². The molecule has 4 aromatic rings. The van der Waals surface area contributed by atoms with Gasteiger partial charge in [-0.3, -0.25) is 9.67 Å². The maximum absolute atomic E-state index is 13.8. The van der Waals surface area contributed by atoms with Gasteiger partial charge in [-0.05, 0) is 35.9 Å². The summed E-state index contributed by atoms with van der Waals surface area (Å²) in [5.74, 6) is 0.103. The van der Waals surface area contributed by atoms with Crippen LogP contribution in [-0.4, -0.2) is 19.9 Å². The summed E-state index contributed by atoms with van der Waals surface area (Å²) in [7, 11) is 1.22. The van der Waals surface area contributed by atoms with Gasteiger partial charge in [0, 0.05) is 47.2 Å². The number of ether oxygens (including phenoxy) is 1. The van der Waals surface area contributed by atoms with Gasteiger partial charge in [0.1, 0.15) is 23.8 Å². The van der Waals surface area contributed by atoms with Crippen molar-refractivity contribution in [1.29, 1.82) is 0 Å². The zero-order chi connectivity index (χ0) is 22.9. The highest BCUT2D eigenvalue weighted by atomic mass is 35.5. The third-order valence-corrected chi connectivity index (χ3v) is 5.06. The van der Waals surface area contributed by atoms with Crippen LogP contribution in [0.15, 0.2) is 67.0 Å². The fraction of sp³-hybridized carbons (Fsp3) is 0.130. The molecule has 9 heteroatoms. The highest BCUT2D eigenvalue weighted by Gasteiger charge is 2.40. The van der Waals surface area contributed by atoms with Crippen LogP contribution in [-0.2, 0) is 19.8 Å². The fourth-order valence-corrected chi connectivity index (χ4v) is 3.50. The summed E-state index contributed by atoms with van der Waals surface area (Å²) in [6.07, 6.45) is -1.85. The number of alkyl halides is 3. The second-order valence-corrected chi connectivity index (χ2v) is 7.47. The number of rotatable bonds is 5. The number of nitrogens with zero attached hydrogens (tertiary/aromatic N) is 3. The van der Waals surface area contributed by atoms with E-state index >= 15 is 0 Å². The Hall–Kier alpha value is -3.52. The Morgan fingerprint density at radius 3 is 2.47 bits per heavy atom. The molecule has 0 fully saturated rings. The lowest BCUT2D eigenvalue weighted by Gasteiger charge is -2.12. The summed E-state index contributed by atoms with van der Waals surface area (Å²) in [5.41, 5.74) is 0.173. The van der Waals surface area contributed by atoms with E-state index < -0.39 is 11.9 Å². The monoisotopic (exact) mass is 459 g/mol. The molecule has 0 amide bonds. The van der Waals surface area contributed by atoms with Crippen molar-refractivity contribution in [3.05, 3.63) is 83.3 Å². The zero-order valence-electron chi connectivity index (χ0n) is 16.8. The summed E-state index contributed by atoms with van der Waals surface area (Å²) in [6, 6.07) is 14.5. The topological polar surface area (TPSA) is 60.2 Å². The molecule has 1 N–H and O–H groups in total. The molecule has 0 aliphatic heterocycles. The lowest BCUT2D eigenvalue weighted by atomic mass is 9.99. The van der Waals surface area contributed by atoms with E-state index in [0.29, 0.717) is 10.8 Å². The van der Waals surface area contributed by atoms with Gasteiger partial charge in [0.05, 0.1) is 0 Å². The Morgan fingerprint density at radius 1 is 1.09 bits per heavy atom. The summed E-state index contributed by atoms with van der Waals surface area (Å²) in [4.78, 5) is 3.93. The van der Waals surface area contributed by atoms with E-state index in [-0.39, 0.29) is 34.7 Å². The number of phenolic OH excluding ortho intramolecular Hbond substituents is 1. The number of pyridine rings is 1. The molecule has 0 saturated heterocycles. The second kappa shape index (κ2) is 8.55. The van der Waals surface area contributed by atoms with Crippen LogP contribution in [0, 0.1) is 0 Å². The van der Waals surface area contributed by atoms with E-state index in [1.807, 2.05) is 12.1 Å². The SMILES string of the molecule is Cn1nc(-c2ccc(OCc3ccc(Cl)cc3)cc2O)c(-c2cccnc2)c1C(F)(F)F. The van der Waals surface area contributed by atoms with Crippen molar-refractivity contribution in [2.75, 3.05) is 0 Å². The van der Waals surface area contributed by atoms with Gasteiger partial charge in [-0.1, -0.05) is 29.8 Å². The minimum Gasteiger partial charge on any atom is -0.507 e. The van der Waals surface area contributed by atoms with Crippen molar-refractivity contribution in [2.24, 2.45) is 7.05 Å². The van der Waals surface area contributed by atoms with E-state index in [0.717, 1.165) is 10.2 Å². The van der Waals surface area contributed by atoms with Gasteiger partial charge in [0.15, 0.2) is 5.69 Å². The molecule has 0 spiro atoms. The van der Waals surface area contributed by atoms with E-state index in [1.165, 1.54) is 37.6 Å². The predicted molar refractivity (Wildman–Crippen MR) is 114 cm³/mol. The molecule has 0 unspecified atom stereocenters. The van der Waals surface area contributed by atoms with Crippen LogP contribution in [0.3, 0.4) is 0 Å². The van der Waals surface area contributed by atoms with E-state index in [2.05, 4.69) is 10.1 Å². The van der Waals surface area contributed by atoms with Crippen LogP contribution in [0.5, 0.6) is 11.5 Å². The number of phenols is 1. The fourth-order valence-electron chi connectivity index (χ4n) is 3.37. The summed E-state index contributed by atoms with van der Waals surface area (Å²) in [5, 5.41) is 15.3. The first-order chi connectivity index (χ1) is 15.2. The molecule has 32 heavy (non-hydrogen) atoms. The maximum Gasteiger partial charge on any atom is 0.433 e. The van der Waals surface area contributed by atoms with Crippen molar-refractivity contribution < 1.29 is 23.0 Å². The standard InChI is InChI=1S/C23H17ClF3N3O2/c1-30-22(23(25,26)27)20(15-3-2-10-28-12-15)21(29-30)18-9-8-17(11-19(18)31)32-13-14-4-6-16(24)7-5-14/h2-12,31H,13H2,1H3. The third-order valence-electron chi connectivity index (χ3n) is 4.81. The van der Waals surface area contributed by atoms with Crippen LogP contribution in [0.4, 0.5) is 13.2 Å². The molecule has 2 aromatic carbocycles. The van der Waals surface area contributed by atoms with Gasteiger partial charge in [0.25, 0.3) is 0 Å². The lowest BCUT2D eigenvalue weighted by Crippen LogP contribution is -2.13. The number of hydrogen-bond donors (Lipinski definition) is 1. The number of halogens is 4. The Kier molecular flexibility index (Phi) is 5.80. The van der Waals surface area contributed by atoms with Crippen molar-refractivity contribution in [2.45, 2.75) is 12.8 Å². The molecule has 0 bridgehead atoms. The van der Waals surface area contributed by atoms with Gasteiger partial charge in [-0.25, -0.2) is 0 Å². The molecule has 0 aliphatic carbocycles. The Morgan fingerprint density at radius 2 is 1.84 bits per heavy atom. The van der Waals surface area contributed by atoms with Crippen molar-refractivity contribution in [1.82, 2.24) is 14.8 Å². The lowest BCUT2D eigenvalue weighted by molar-refractivity contribution is -0.143. The van der Waals surface area contributed by atoms with Crippen molar-refractivity contribution in [3.8, 4) is 33.9 Å². The third kappa shape index (κ3) is 4.40. The maximum atomic E-state index is 13.8. The van der Waals surface area contributed by atoms with Crippen molar-refractivity contribution >= 4 is 11.6 Å². The predicted octanol–water partition coefficient (Wildman–Crippen LogP) is 6.11. The molecular formula is C23H17ClF3N3O2. The molecule has 0 saturated carbocycles. The summed E-state index contributed by atoms with van der Waals surface area (Å²) < 4.78 is 47.9. The first kappa shape index (κ1) is 21.7. The first-order valence-corrected chi connectivity index (χ1v) is 9.87. The number of aromatic nitrogens is 3. The molecule has 5 nitrogen and oxygen atoms in total. The number of hydrogen-bond acceptors (Lipinski definition) is 4. The number of aromatic hydroxyl groups is 1. The van der Waals surface area contributed by atoms with Crippen LogP contribution < -0.4 is 4.74 Å². The molecular weight excluding hydrogens is 443 g/mol. The minimum absolute atomic E-state index is 0.00502. The minimum atomic E-state index is -4.65.